The van der Waals surface area contributed by atoms with Crippen LogP contribution in [0.2, 0.25) is 0 Å². The standard InChI is InChI=1S/C13H19BrN2O/c1-3-4-9(2)8-17-12-7-11(14)15-13(16-12)10-5-6-10/h7,9-10H,3-6,8H2,1-2H3. The van der Waals surface area contributed by atoms with Crippen LogP contribution in [0.25, 0.3) is 0 Å². The molecule has 0 saturated heterocycles. The number of rotatable bonds is 6. The topological polar surface area (TPSA) is 35.0 Å². The van der Waals surface area contributed by atoms with E-state index in [-0.39, 0.29) is 0 Å². The van der Waals surface area contributed by atoms with E-state index in [4.69, 9.17) is 4.74 Å². The molecule has 1 heterocycles. The van der Waals surface area contributed by atoms with Crippen molar-refractivity contribution in [2.24, 2.45) is 5.92 Å². The Balaban J connectivity index is 1.95. The molecule has 3 nitrogen and oxygen atoms in total. The summed E-state index contributed by atoms with van der Waals surface area (Å²) in [5, 5.41) is 0. The van der Waals surface area contributed by atoms with Gasteiger partial charge in [-0.2, -0.15) is 4.98 Å². The number of hydrogen-bond donors (Lipinski definition) is 0. The van der Waals surface area contributed by atoms with Gasteiger partial charge in [0.2, 0.25) is 5.88 Å². The first-order valence-electron chi connectivity index (χ1n) is 6.36. The lowest BCUT2D eigenvalue weighted by Gasteiger charge is -2.12. The number of ether oxygens (including phenoxy) is 1. The number of halogens is 1. The molecule has 4 heteroatoms. The van der Waals surface area contributed by atoms with E-state index in [0.29, 0.717) is 17.7 Å². The van der Waals surface area contributed by atoms with Gasteiger partial charge >= 0.3 is 0 Å². The van der Waals surface area contributed by atoms with Gasteiger partial charge < -0.3 is 4.74 Å². The summed E-state index contributed by atoms with van der Waals surface area (Å²) in [5.74, 6) is 2.77. The molecule has 17 heavy (non-hydrogen) atoms. The van der Waals surface area contributed by atoms with E-state index in [9.17, 15) is 0 Å². The Labute approximate surface area is 111 Å². The van der Waals surface area contributed by atoms with Gasteiger partial charge in [-0.25, -0.2) is 4.98 Å². The third-order valence-electron chi connectivity index (χ3n) is 2.93. The number of aromatic nitrogens is 2. The van der Waals surface area contributed by atoms with Crippen molar-refractivity contribution in [3.63, 3.8) is 0 Å². The fourth-order valence-corrected chi connectivity index (χ4v) is 2.19. The van der Waals surface area contributed by atoms with Gasteiger partial charge in [-0.1, -0.05) is 20.3 Å². The number of hydrogen-bond acceptors (Lipinski definition) is 3. The molecule has 0 bridgehead atoms. The Morgan fingerprint density at radius 2 is 2.24 bits per heavy atom. The van der Waals surface area contributed by atoms with Crippen molar-refractivity contribution in [1.29, 1.82) is 0 Å². The normalized spacial score (nSPS) is 16.9. The van der Waals surface area contributed by atoms with Crippen LogP contribution in [0.1, 0.15) is 51.3 Å². The van der Waals surface area contributed by atoms with Crippen molar-refractivity contribution >= 4 is 15.9 Å². The summed E-state index contributed by atoms with van der Waals surface area (Å²) in [7, 11) is 0. The Kier molecular flexibility index (Phi) is 4.37. The molecule has 0 radical (unpaired) electrons. The molecule has 0 aliphatic heterocycles. The third-order valence-corrected chi connectivity index (χ3v) is 3.33. The van der Waals surface area contributed by atoms with E-state index < -0.39 is 0 Å². The lowest BCUT2D eigenvalue weighted by atomic mass is 10.1. The highest BCUT2D eigenvalue weighted by atomic mass is 79.9. The second kappa shape index (κ2) is 5.80. The SMILES string of the molecule is CCCC(C)COc1cc(Br)nc(C2CC2)n1. The molecular weight excluding hydrogens is 280 g/mol. The molecule has 1 atom stereocenters. The predicted molar refractivity (Wildman–Crippen MR) is 71.3 cm³/mol. The Hall–Kier alpha value is -0.640. The molecule has 1 fully saturated rings. The first kappa shape index (κ1) is 12.8. The van der Waals surface area contributed by atoms with Gasteiger partial charge in [0.25, 0.3) is 0 Å². The van der Waals surface area contributed by atoms with E-state index in [0.717, 1.165) is 17.0 Å². The molecule has 94 valence electrons. The molecule has 1 aromatic rings. The largest absolute Gasteiger partial charge is 0.477 e. The van der Waals surface area contributed by atoms with Crippen LogP contribution in [-0.2, 0) is 0 Å². The summed E-state index contributed by atoms with van der Waals surface area (Å²) < 4.78 is 6.57. The zero-order valence-electron chi connectivity index (χ0n) is 10.4. The Morgan fingerprint density at radius 3 is 2.88 bits per heavy atom. The third kappa shape index (κ3) is 3.95. The average molecular weight is 299 g/mol. The van der Waals surface area contributed by atoms with Crippen LogP contribution >= 0.6 is 15.9 Å². The summed E-state index contributed by atoms with van der Waals surface area (Å²) >= 11 is 3.42. The minimum absolute atomic E-state index is 0.558. The van der Waals surface area contributed by atoms with E-state index in [1.165, 1.54) is 25.7 Å². The summed E-state index contributed by atoms with van der Waals surface area (Å²) in [6, 6.07) is 1.85. The van der Waals surface area contributed by atoms with E-state index >= 15 is 0 Å². The highest BCUT2D eigenvalue weighted by Gasteiger charge is 2.27. The molecule has 0 N–H and O–H groups in total. The lowest BCUT2D eigenvalue weighted by molar-refractivity contribution is 0.242. The first-order chi connectivity index (χ1) is 8.19. The predicted octanol–water partition coefficient (Wildman–Crippen LogP) is 3.93. The highest BCUT2D eigenvalue weighted by Crippen LogP contribution is 2.39. The molecular formula is C13H19BrN2O. The zero-order chi connectivity index (χ0) is 12.3. The maximum atomic E-state index is 5.74. The molecule has 1 saturated carbocycles. The summed E-state index contributed by atoms with van der Waals surface area (Å²) in [6.45, 7) is 5.14. The van der Waals surface area contributed by atoms with Gasteiger partial charge in [0, 0.05) is 12.0 Å². The van der Waals surface area contributed by atoms with E-state index in [1.54, 1.807) is 0 Å². The van der Waals surface area contributed by atoms with E-state index in [2.05, 4.69) is 39.7 Å². The Bertz CT molecular complexity index is 380. The van der Waals surface area contributed by atoms with Gasteiger partial charge in [0.15, 0.2) is 0 Å². The second-order valence-corrected chi connectivity index (χ2v) is 5.68. The van der Waals surface area contributed by atoms with Crippen LogP contribution in [-0.4, -0.2) is 16.6 Å². The van der Waals surface area contributed by atoms with Crippen molar-refractivity contribution in [3.05, 3.63) is 16.5 Å². The van der Waals surface area contributed by atoms with Crippen LogP contribution in [0.3, 0.4) is 0 Å². The van der Waals surface area contributed by atoms with Gasteiger partial charge in [-0.15, -0.1) is 0 Å². The summed E-state index contributed by atoms with van der Waals surface area (Å²) in [6.07, 6.45) is 4.82. The van der Waals surface area contributed by atoms with Crippen molar-refractivity contribution in [2.45, 2.75) is 45.4 Å². The van der Waals surface area contributed by atoms with Crippen molar-refractivity contribution < 1.29 is 4.74 Å². The molecule has 1 unspecified atom stereocenters. The van der Waals surface area contributed by atoms with Gasteiger partial charge in [0.05, 0.1) is 6.61 Å². The van der Waals surface area contributed by atoms with E-state index in [1.807, 2.05) is 6.07 Å². The van der Waals surface area contributed by atoms with Gasteiger partial charge in [-0.05, 0) is 41.1 Å². The molecule has 1 aliphatic carbocycles. The van der Waals surface area contributed by atoms with Gasteiger partial charge in [-0.3, -0.25) is 0 Å². The first-order valence-corrected chi connectivity index (χ1v) is 7.15. The second-order valence-electron chi connectivity index (χ2n) is 4.87. The van der Waals surface area contributed by atoms with Crippen LogP contribution in [0.4, 0.5) is 0 Å². The summed E-state index contributed by atoms with van der Waals surface area (Å²) in [5.41, 5.74) is 0. The smallest absolute Gasteiger partial charge is 0.217 e. The van der Waals surface area contributed by atoms with Crippen LogP contribution < -0.4 is 4.74 Å². The molecule has 1 aliphatic rings. The minimum atomic E-state index is 0.558. The minimum Gasteiger partial charge on any atom is -0.477 e. The number of nitrogens with zero attached hydrogens (tertiary/aromatic N) is 2. The molecule has 1 aromatic heterocycles. The quantitative estimate of drug-likeness (QED) is 0.746. The Morgan fingerprint density at radius 1 is 1.47 bits per heavy atom. The van der Waals surface area contributed by atoms with Crippen molar-refractivity contribution in [2.75, 3.05) is 6.61 Å². The van der Waals surface area contributed by atoms with Crippen LogP contribution in [0.15, 0.2) is 10.7 Å². The fraction of sp³-hybridized carbons (Fsp3) is 0.692. The monoisotopic (exact) mass is 298 g/mol. The molecule has 0 spiro atoms. The maximum absolute atomic E-state index is 5.74. The molecule has 0 aromatic carbocycles. The van der Waals surface area contributed by atoms with Crippen LogP contribution in [0, 0.1) is 5.92 Å². The fourth-order valence-electron chi connectivity index (χ4n) is 1.82. The maximum Gasteiger partial charge on any atom is 0.217 e. The van der Waals surface area contributed by atoms with Crippen molar-refractivity contribution in [1.82, 2.24) is 9.97 Å². The summed E-state index contributed by atoms with van der Waals surface area (Å²) in [4.78, 5) is 8.85. The van der Waals surface area contributed by atoms with Crippen LogP contribution in [0.5, 0.6) is 5.88 Å². The molecule has 0 amide bonds. The highest BCUT2D eigenvalue weighted by molar-refractivity contribution is 9.10. The average Bonchev–Trinajstić information content (AvgIpc) is 3.10. The zero-order valence-corrected chi connectivity index (χ0v) is 12.0. The lowest BCUT2D eigenvalue weighted by Crippen LogP contribution is -2.10. The van der Waals surface area contributed by atoms with Gasteiger partial charge in [0.1, 0.15) is 10.4 Å². The molecule has 2 rings (SSSR count). The van der Waals surface area contributed by atoms with Crippen molar-refractivity contribution in [3.8, 4) is 5.88 Å².